The Morgan fingerprint density at radius 3 is 2.36 bits per heavy atom. The summed E-state index contributed by atoms with van der Waals surface area (Å²) in [6, 6.07) is 14.6. The summed E-state index contributed by atoms with van der Waals surface area (Å²) in [6.45, 7) is 8.28. The van der Waals surface area contributed by atoms with Crippen molar-refractivity contribution < 1.29 is 4.79 Å². The molecule has 116 valence electrons. The van der Waals surface area contributed by atoms with Crippen molar-refractivity contribution in [2.75, 3.05) is 5.75 Å². The van der Waals surface area contributed by atoms with Gasteiger partial charge in [0.15, 0.2) is 0 Å². The highest BCUT2D eigenvalue weighted by Gasteiger charge is 2.10. The summed E-state index contributed by atoms with van der Waals surface area (Å²) in [7, 11) is 0. The quantitative estimate of drug-likeness (QED) is 0.819. The summed E-state index contributed by atoms with van der Waals surface area (Å²) >= 11 is 1.57. The molecule has 0 heterocycles. The minimum Gasteiger partial charge on any atom is -0.349 e. The molecule has 0 aromatic heterocycles. The molecule has 3 heteroatoms. The van der Waals surface area contributed by atoms with Crippen LogP contribution in [0.5, 0.6) is 0 Å². The van der Waals surface area contributed by atoms with Crippen LogP contribution in [0.15, 0.2) is 47.4 Å². The normalized spacial score (nSPS) is 12.0. The van der Waals surface area contributed by atoms with Gasteiger partial charge in [-0.05, 0) is 56.5 Å². The molecule has 1 N–H and O–H groups in total. The van der Waals surface area contributed by atoms with Crippen molar-refractivity contribution in [2.45, 2.75) is 38.6 Å². The molecule has 0 aliphatic carbocycles. The smallest absolute Gasteiger partial charge is 0.230 e. The van der Waals surface area contributed by atoms with Crippen LogP contribution in [0.1, 0.15) is 35.2 Å². The van der Waals surface area contributed by atoms with E-state index in [9.17, 15) is 4.79 Å². The third kappa shape index (κ3) is 4.63. The zero-order chi connectivity index (χ0) is 16.1. The van der Waals surface area contributed by atoms with Crippen LogP contribution >= 0.6 is 11.8 Å². The summed E-state index contributed by atoms with van der Waals surface area (Å²) < 4.78 is 0. The molecule has 0 spiro atoms. The molecular weight excluding hydrogens is 290 g/mol. The van der Waals surface area contributed by atoms with Gasteiger partial charge in [-0.1, -0.05) is 35.9 Å². The number of nitrogens with one attached hydrogen (secondary N) is 1. The Morgan fingerprint density at radius 2 is 1.73 bits per heavy atom. The minimum absolute atomic E-state index is 0.0328. The van der Waals surface area contributed by atoms with E-state index in [1.807, 2.05) is 6.92 Å². The van der Waals surface area contributed by atoms with Crippen LogP contribution < -0.4 is 5.32 Å². The molecule has 2 aromatic rings. The number of benzene rings is 2. The molecule has 1 amide bonds. The molecule has 2 aromatic carbocycles. The van der Waals surface area contributed by atoms with Gasteiger partial charge in [0.05, 0.1) is 11.8 Å². The molecule has 2 nitrogen and oxygen atoms in total. The molecule has 0 aliphatic rings. The predicted octanol–water partition coefficient (Wildman–Crippen LogP) is 4.58. The van der Waals surface area contributed by atoms with Crippen molar-refractivity contribution in [3.8, 4) is 0 Å². The first-order valence-corrected chi connectivity index (χ1v) is 8.50. The van der Waals surface area contributed by atoms with Gasteiger partial charge >= 0.3 is 0 Å². The zero-order valence-electron chi connectivity index (χ0n) is 13.6. The maximum Gasteiger partial charge on any atom is 0.230 e. The van der Waals surface area contributed by atoms with Crippen LogP contribution in [0, 0.1) is 20.8 Å². The maximum atomic E-state index is 12.1. The number of thioether (sulfide) groups is 1. The molecule has 2 rings (SSSR count). The maximum absolute atomic E-state index is 12.1. The predicted molar refractivity (Wildman–Crippen MR) is 94.4 cm³/mol. The Kier molecular flexibility index (Phi) is 5.67. The second-order valence-corrected chi connectivity index (χ2v) is 6.78. The topological polar surface area (TPSA) is 29.1 Å². The zero-order valence-corrected chi connectivity index (χ0v) is 14.5. The molecule has 0 aliphatic heterocycles. The van der Waals surface area contributed by atoms with Gasteiger partial charge in [0, 0.05) is 4.90 Å². The SMILES string of the molecule is Cc1ccc(SCC(=O)N[C@@H](C)c2ccc(C)c(C)c2)cc1. The Labute approximate surface area is 137 Å². The van der Waals surface area contributed by atoms with E-state index < -0.39 is 0 Å². The highest BCUT2D eigenvalue weighted by Crippen LogP contribution is 2.20. The number of aryl methyl sites for hydroxylation is 3. The monoisotopic (exact) mass is 313 g/mol. The van der Waals surface area contributed by atoms with E-state index in [1.165, 1.54) is 16.7 Å². The lowest BCUT2D eigenvalue weighted by atomic mass is 10.0. The van der Waals surface area contributed by atoms with E-state index in [0.717, 1.165) is 10.5 Å². The first-order valence-electron chi connectivity index (χ1n) is 7.51. The molecule has 0 unspecified atom stereocenters. The summed E-state index contributed by atoms with van der Waals surface area (Å²) in [4.78, 5) is 13.2. The van der Waals surface area contributed by atoms with Crippen LogP contribution in [0.2, 0.25) is 0 Å². The number of hydrogen-bond donors (Lipinski definition) is 1. The fourth-order valence-electron chi connectivity index (χ4n) is 2.18. The summed E-state index contributed by atoms with van der Waals surface area (Å²) in [5.41, 5.74) is 4.92. The number of amides is 1. The number of carbonyl (C=O) groups excluding carboxylic acids is 1. The van der Waals surface area contributed by atoms with Gasteiger partial charge < -0.3 is 5.32 Å². The molecular formula is C19H23NOS. The number of carbonyl (C=O) groups is 1. The Bertz CT molecular complexity index is 649. The summed E-state index contributed by atoms with van der Waals surface area (Å²) in [5.74, 6) is 0.509. The van der Waals surface area contributed by atoms with Crippen molar-refractivity contribution in [1.82, 2.24) is 5.32 Å². The van der Waals surface area contributed by atoms with Gasteiger partial charge in [0.25, 0.3) is 0 Å². The van der Waals surface area contributed by atoms with Crippen LogP contribution in [0.25, 0.3) is 0 Å². The number of rotatable bonds is 5. The summed E-state index contributed by atoms with van der Waals surface area (Å²) in [6.07, 6.45) is 0. The first kappa shape index (κ1) is 16.6. The lowest BCUT2D eigenvalue weighted by Crippen LogP contribution is -2.28. The Hall–Kier alpha value is -1.74. The van der Waals surface area contributed by atoms with Crippen LogP contribution in [0.3, 0.4) is 0 Å². The van der Waals surface area contributed by atoms with Gasteiger partial charge in [0.1, 0.15) is 0 Å². The first-order chi connectivity index (χ1) is 10.5. The average Bonchev–Trinajstić information content (AvgIpc) is 2.49. The van der Waals surface area contributed by atoms with Crippen molar-refractivity contribution >= 4 is 17.7 Å². The summed E-state index contributed by atoms with van der Waals surface area (Å²) in [5, 5.41) is 3.06. The van der Waals surface area contributed by atoms with E-state index in [0.29, 0.717) is 5.75 Å². The van der Waals surface area contributed by atoms with Crippen LogP contribution in [-0.2, 0) is 4.79 Å². The molecule has 0 fully saturated rings. The fourth-order valence-corrected chi connectivity index (χ4v) is 2.89. The van der Waals surface area contributed by atoms with Crippen molar-refractivity contribution in [1.29, 1.82) is 0 Å². The second kappa shape index (κ2) is 7.50. The van der Waals surface area contributed by atoms with Crippen molar-refractivity contribution in [3.63, 3.8) is 0 Å². The molecule has 0 radical (unpaired) electrons. The van der Waals surface area contributed by atoms with Gasteiger partial charge in [0.2, 0.25) is 5.91 Å². The van der Waals surface area contributed by atoms with Gasteiger partial charge in [-0.3, -0.25) is 4.79 Å². The Morgan fingerprint density at radius 1 is 1.05 bits per heavy atom. The highest BCUT2D eigenvalue weighted by atomic mass is 32.2. The number of hydrogen-bond acceptors (Lipinski definition) is 2. The van der Waals surface area contributed by atoms with E-state index in [2.05, 4.69) is 68.6 Å². The molecule has 0 saturated heterocycles. The fraction of sp³-hybridized carbons (Fsp3) is 0.316. The largest absolute Gasteiger partial charge is 0.349 e. The van der Waals surface area contributed by atoms with Crippen molar-refractivity contribution in [2.24, 2.45) is 0 Å². The Balaban J connectivity index is 1.88. The average molecular weight is 313 g/mol. The lowest BCUT2D eigenvalue weighted by molar-refractivity contribution is -0.119. The van der Waals surface area contributed by atoms with Gasteiger partial charge in [-0.15, -0.1) is 11.8 Å². The van der Waals surface area contributed by atoms with E-state index in [-0.39, 0.29) is 11.9 Å². The molecule has 0 bridgehead atoms. The van der Waals surface area contributed by atoms with Crippen LogP contribution in [0.4, 0.5) is 0 Å². The van der Waals surface area contributed by atoms with Gasteiger partial charge in [-0.2, -0.15) is 0 Å². The van der Waals surface area contributed by atoms with E-state index in [4.69, 9.17) is 0 Å². The minimum atomic E-state index is 0.0328. The van der Waals surface area contributed by atoms with Crippen LogP contribution in [-0.4, -0.2) is 11.7 Å². The molecule has 0 saturated carbocycles. The standard InChI is InChI=1S/C19H23NOS/c1-13-5-9-18(10-6-13)22-12-19(21)20-16(4)17-8-7-14(2)15(3)11-17/h5-11,16H,12H2,1-4H3,(H,20,21)/t16-/m0/s1. The van der Waals surface area contributed by atoms with Crippen molar-refractivity contribution in [3.05, 3.63) is 64.7 Å². The molecule has 22 heavy (non-hydrogen) atoms. The third-order valence-corrected chi connectivity index (χ3v) is 4.81. The highest BCUT2D eigenvalue weighted by molar-refractivity contribution is 8.00. The van der Waals surface area contributed by atoms with Gasteiger partial charge in [-0.25, -0.2) is 0 Å². The molecule has 1 atom stereocenters. The lowest BCUT2D eigenvalue weighted by Gasteiger charge is -2.15. The van der Waals surface area contributed by atoms with E-state index in [1.54, 1.807) is 11.8 Å². The third-order valence-electron chi connectivity index (χ3n) is 3.80. The van der Waals surface area contributed by atoms with E-state index >= 15 is 0 Å². The second-order valence-electron chi connectivity index (χ2n) is 5.73.